The van der Waals surface area contributed by atoms with Gasteiger partial charge in [-0.25, -0.2) is 4.79 Å². The van der Waals surface area contributed by atoms with E-state index >= 15 is 0 Å². The molecule has 0 radical (unpaired) electrons. The molecule has 1 aromatic carbocycles. The molecule has 166 valence electrons. The van der Waals surface area contributed by atoms with Crippen molar-refractivity contribution in [1.82, 2.24) is 10.2 Å². The highest BCUT2D eigenvalue weighted by atomic mass is 16.6. The van der Waals surface area contributed by atoms with E-state index in [0.29, 0.717) is 0 Å². The van der Waals surface area contributed by atoms with Gasteiger partial charge in [-0.2, -0.15) is 0 Å². The van der Waals surface area contributed by atoms with Crippen LogP contribution < -0.4 is 5.32 Å². The zero-order valence-corrected chi connectivity index (χ0v) is 18.1. The van der Waals surface area contributed by atoms with Crippen LogP contribution in [0.4, 0.5) is 4.79 Å². The van der Waals surface area contributed by atoms with Gasteiger partial charge in [-0.1, -0.05) is 30.3 Å². The first-order valence-corrected chi connectivity index (χ1v) is 9.60. The number of esters is 2. The monoisotopic (exact) mass is 422 g/mol. The van der Waals surface area contributed by atoms with Crippen LogP contribution in [0.1, 0.15) is 39.7 Å². The number of nitrogens with one attached hydrogen (secondary N) is 1. The second-order valence-electron chi connectivity index (χ2n) is 7.46. The van der Waals surface area contributed by atoms with Crippen LogP contribution in [0.5, 0.6) is 0 Å². The molecule has 0 aromatic heterocycles. The van der Waals surface area contributed by atoms with Crippen LogP contribution in [0.25, 0.3) is 0 Å². The van der Waals surface area contributed by atoms with Crippen molar-refractivity contribution in [2.75, 3.05) is 20.3 Å². The molecular formula is C21H30N2O7. The number of nitrogens with zero attached hydrogens (tertiary/aromatic N) is 1. The average molecular weight is 422 g/mol. The van der Waals surface area contributed by atoms with Crippen LogP contribution in [-0.4, -0.2) is 60.7 Å². The number of hydrogen-bond donors (Lipinski definition) is 1. The minimum atomic E-state index is -1.27. The fourth-order valence-electron chi connectivity index (χ4n) is 2.50. The lowest BCUT2D eigenvalue weighted by Gasteiger charge is -2.28. The molecule has 0 fully saturated rings. The van der Waals surface area contributed by atoms with Crippen LogP contribution in [0.2, 0.25) is 0 Å². The van der Waals surface area contributed by atoms with Gasteiger partial charge in [0.25, 0.3) is 0 Å². The number of rotatable bonds is 9. The summed E-state index contributed by atoms with van der Waals surface area (Å²) in [4.78, 5) is 50.5. The normalized spacial score (nSPS) is 11.8. The highest BCUT2D eigenvalue weighted by molar-refractivity contribution is 5.91. The maximum atomic E-state index is 13.2. The van der Waals surface area contributed by atoms with Crippen LogP contribution in [-0.2, 0) is 35.1 Å². The number of carbonyl (C=O) groups is 4. The molecule has 0 aliphatic rings. The molecule has 0 aliphatic carbocycles. The predicted octanol–water partition coefficient (Wildman–Crippen LogP) is 2.03. The molecule has 1 atom stereocenters. The molecule has 0 spiro atoms. The zero-order valence-electron chi connectivity index (χ0n) is 18.1. The van der Waals surface area contributed by atoms with Gasteiger partial charge in [0, 0.05) is 6.54 Å². The van der Waals surface area contributed by atoms with Crippen LogP contribution in [0.15, 0.2) is 30.3 Å². The Labute approximate surface area is 176 Å². The summed E-state index contributed by atoms with van der Waals surface area (Å²) in [5.41, 5.74) is -0.0262. The minimum Gasteiger partial charge on any atom is -0.469 e. The first-order valence-electron chi connectivity index (χ1n) is 9.60. The Morgan fingerprint density at radius 3 is 2.23 bits per heavy atom. The fraction of sp³-hybridized carbons (Fsp3) is 0.524. The Balaban J connectivity index is 3.09. The van der Waals surface area contributed by atoms with Gasteiger partial charge >= 0.3 is 18.0 Å². The van der Waals surface area contributed by atoms with E-state index in [2.05, 4.69) is 10.1 Å². The summed E-state index contributed by atoms with van der Waals surface area (Å²) in [6.07, 6.45) is -1.27. The summed E-state index contributed by atoms with van der Waals surface area (Å²) >= 11 is 0. The van der Waals surface area contributed by atoms with E-state index in [4.69, 9.17) is 9.47 Å². The van der Waals surface area contributed by atoms with E-state index in [1.807, 2.05) is 6.07 Å². The molecule has 0 saturated heterocycles. The second kappa shape index (κ2) is 11.8. The standard InChI is InChI=1S/C21H30N2O7/c1-6-29-18(25)14-23(13-15-10-8-7-9-11-15)19(26)16(12-17(24)28-5)22-20(27)30-21(2,3)4/h7-11,16H,6,12-14H2,1-5H3,(H,22,27). The van der Waals surface area contributed by atoms with Gasteiger partial charge in [0.1, 0.15) is 18.2 Å². The second-order valence-corrected chi connectivity index (χ2v) is 7.46. The number of carbonyl (C=O) groups excluding carboxylic acids is 4. The molecule has 0 saturated carbocycles. The molecule has 9 heteroatoms. The molecule has 0 heterocycles. The molecule has 30 heavy (non-hydrogen) atoms. The molecule has 1 N–H and O–H groups in total. The molecule has 2 amide bonds. The number of hydrogen-bond acceptors (Lipinski definition) is 7. The number of benzene rings is 1. The summed E-state index contributed by atoms with van der Waals surface area (Å²) in [6, 6.07) is 7.74. The van der Waals surface area contributed by atoms with Gasteiger partial charge in [0.15, 0.2) is 0 Å². The SMILES string of the molecule is CCOC(=O)CN(Cc1ccccc1)C(=O)C(CC(=O)OC)NC(=O)OC(C)(C)C. The molecule has 1 aromatic rings. The summed E-state index contributed by atoms with van der Waals surface area (Å²) in [7, 11) is 1.18. The number of alkyl carbamates (subject to hydrolysis) is 1. The third-order valence-corrected chi connectivity index (χ3v) is 3.74. The fourth-order valence-corrected chi connectivity index (χ4v) is 2.50. The van der Waals surface area contributed by atoms with Gasteiger partial charge < -0.3 is 24.4 Å². The summed E-state index contributed by atoms with van der Waals surface area (Å²) in [5.74, 6) is -1.93. The predicted molar refractivity (Wildman–Crippen MR) is 108 cm³/mol. The third kappa shape index (κ3) is 9.40. The van der Waals surface area contributed by atoms with Crippen molar-refractivity contribution in [3.8, 4) is 0 Å². The number of ether oxygens (including phenoxy) is 3. The van der Waals surface area contributed by atoms with E-state index in [1.165, 1.54) is 12.0 Å². The average Bonchev–Trinajstić information content (AvgIpc) is 2.65. The first kappa shape index (κ1) is 24.9. The highest BCUT2D eigenvalue weighted by Gasteiger charge is 2.31. The zero-order chi connectivity index (χ0) is 22.7. The van der Waals surface area contributed by atoms with Crippen molar-refractivity contribution in [3.63, 3.8) is 0 Å². The van der Waals surface area contributed by atoms with Crippen molar-refractivity contribution in [1.29, 1.82) is 0 Å². The van der Waals surface area contributed by atoms with E-state index in [1.54, 1.807) is 52.0 Å². The topological polar surface area (TPSA) is 111 Å². The van der Waals surface area contributed by atoms with E-state index in [0.717, 1.165) is 5.56 Å². The van der Waals surface area contributed by atoms with E-state index < -0.39 is 42.0 Å². The van der Waals surface area contributed by atoms with Gasteiger partial charge in [-0.3, -0.25) is 14.4 Å². The quantitative estimate of drug-likeness (QED) is 0.479. The van der Waals surface area contributed by atoms with Crippen molar-refractivity contribution in [2.45, 2.75) is 52.3 Å². The molecule has 1 unspecified atom stereocenters. The van der Waals surface area contributed by atoms with Gasteiger partial charge in [0.05, 0.1) is 20.1 Å². The maximum Gasteiger partial charge on any atom is 0.408 e. The van der Waals surface area contributed by atoms with Gasteiger partial charge in [-0.05, 0) is 33.3 Å². The third-order valence-electron chi connectivity index (χ3n) is 3.74. The van der Waals surface area contributed by atoms with Crippen LogP contribution >= 0.6 is 0 Å². The van der Waals surface area contributed by atoms with Crippen molar-refractivity contribution in [3.05, 3.63) is 35.9 Å². The maximum absolute atomic E-state index is 13.2. The molecule has 1 rings (SSSR count). The van der Waals surface area contributed by atoms with Gasteiger partial charge in [-0.15, -0.1) is 0 Å². The van der Waals surface area contributed by atoms with Crippen LogP contribution in [0, 0.1) is 0 Å². The van der Waals surface area contributed by atoms with Crippen LogP contribution in [0.3, 0.4) is 0 Å². The Hall–Kier alpha value is -3.10. The summed E-state index contributed by atoms with van der Waals surface area (Å²) in [5, 5.41) is 2.40. The van der Waals surface area contributed by atoms with E-state index in [9.17, 15) is 19.2 Å². The van der Waals surface area contributed by atoms with Crippen molar-refractivity contribution < 1.29 is 33.4 Å². The lowest BCUT2D eigenvalue weighted by molar-refractivity contribution is -0.151. The highest BCUT2D eigenvalue weighted by Crippen LogP contribution is 2.11. The van der Waals surface area contributed by atoms with Gasteiger partial charge in [0.2, 0.25) is 5.91 Å². The molecule has 0 aliphatic heterocycles. The minimum absolute atomic E-state index is 0.0894. The molecule has 9 nitrogen and oxygen atoms in total. The van der Waals surface area contributed by atoms with Crippen molar-refractivity contribution in [2.24, 2.45) is 0 Å². The summed E-state index contributed by atoms with van der Waals surface area (Å²) < 4.78 is 14.8. The Bertz CT molecular complexity index is 729. The lowest BCUT2D eigenvalue weighted by Crippen LogP contribution is -2.51. The number of amides is 2. The Kier molecular flexibility index (Phi) is 9.80. The van der Waals surface area contributed by atoms with Crippen molar-refractivity contribution >= 4 is 23.9 Å². The Morgan fingerprint density at radius 1 is 1.07 bits per heavy atom. The van der Waals surface area contributed by atoms with E-state index in [-0.39, 0.29) is 19.7 Å². The molecular weight excluding hydrogens is 392 g/mol. The largest absolute Gasteiger partial charge is 0.469 e. The smallest absolute Gasteiger partial charge is 0.408 e. The molecule has 0 bridgehead atoms. The lowest BCUT2D eigenvalue weighted by atomic mass is 10.1. The first-order chi connectivity index (χ1) is 14.1. The Morgan fingerprint density at radius 2 is 1.70 bits per heavy atom. The summed E-state index contributed by atoms with van der Waals surface area (Å²) in [6.45, 7) is 6.59. The number of methoxy groups -OCH3 is 1.